The molecule has 0 aliphatic carbocycles. The van der Waals surface area contributed by atoms with Crippen LogP contribution in [-0.4, -0.2) is 23.9 Å². The molecule has 0 spiro atoms. The molecule has 2 heterocycles. The molecule has 4 nitrogen and oxygen atoms in total. The standard InChI is InChI=1S/C13H20N2O2/c1-13(2)6-3-7-15(9-13)12(16)11-5-4-10(8-14)17-11/h4-5H,3,6-9,14H2,1-2H3. The summed E-state index contributed by atoms with van der Waals surface area (Å²) in [6.07, 6.45) is 2.23. The number of nitrogens with two attached hydrogens (primary N) is 1. The van der Waals surface area contributed by atoms with Gasteiger partial charge < -0.3 is 15.1 Å². The zero-order valence-electron chi connectivity index (χ0n) is 10.5. The summed E-state index contributed by atoms with van der Waals surface area (Å²) < 4.78 is 5.40. The summed E-state index contributed by atoms with van der Waals surface area (Å²) in [7, 11) is 0. The van der Waals surface area contributed by atoms with Gasteiger partial charge in [0.15, 0.2) is 5.76 Å². The monoisotopic (exact) mass is 236 g/mol. The maximum Gasteiger partial charge on any atom is 0.289 e. The lowest BCUT2D eigenvalue weighted by atomic mass is 9.84. The summed E-state index contributed by atoms with van der Waals surface area (Å²) in [5.41, 5.74) is 5.67. The zero-order chi connectivity index (χ0) is 12.5. The highest BCUT2D eigenvalue weighted by Crippen LogP contribution is 2.29. The smallest absolute Gasteiger partial charge is 0.289 e. The number of carbonyl (C=O) groups excluding carboxylic acids is 1. The van der Waals surface area contributed by atoms with Gasteiger partial charge in [0.25, 0.3) is 5.91 Å². The molecular weight excluding hydrogens is 216 g/mol. The van der Waals surface area contributed by atoms with E-state index in [0.29, 0.717) is 18.1 Å². The topological polar surface area (TPSA) is 59.5 Å². The first-order valence-electron chi connectivity index (χ1n) is 6.10. The molecule has 0 bridgehead atoms. The van der Waals surface area contributed by atoms with Gasteiger partial charge in [-0.2, -0.15) is 0 Å². The molecule has 1 amide bonds. The summed E-state index contributed by atoms with van der Waals surface area (Å²) in [6, 6.07) is 3.48. The Morgan fingerprint density at radius 1 is 1.53 bits per heavy atom. The second-order valence-corrected chi connectivity index (χ2v) is 5.46. The Morgan fingerprint density at radius 2 is 2.29 bits per heavy atom. The van der Waals surface area contributed by atoms with Gasteiger partial charge in [0.2, 0.25) is 0 Å². The molecule has 1 aromatic heterocycles. The van der Waals surface area contributed by atoms with Gasteiger partial charge in [0.05, 0.1) is 6.54 Å². The number of rotatable bonds is 2. The van der Waals surface area contributed by atoms with Crippen LogP contribution in [0.3, 0.4) is 0 Å². The van der Waals surface area contributed by atoms with E-state index in [4.69, 9.17) is 10.2 Å². The number of likely N-dealkylation sites (tertiary alicyclic amines) is 1. The summed E-state index contributed by atoms with van der Waals surface area (Å²) in [5.74, 6) is 1.05. The molecule has 4 heteroatoms. The van der Waals surface area contributed by atoms with E-state index in [2.05, 4.69) is 13.8 Å². The van der Waals surface area contributed by atoms with Gasteiger partial charge in [0.1, 0.15) is 5.76 Å². The van der Waals surface area contributed by atoms with E-state index >= 15 is 0 Å². The summed E-state index contributed by atoms with van der Waals surface area (Å²) >= 11 is 0. The van der Waals surface area contributed by atoms with E-state index in [1.807, 2.05) is 4.90 Å². The van der Waals surface area contributed by atoms with Gasteiger partial charge >= 0.3 is 0 Å². The van der Waals surface area contributed by atoms with Crippen LogP contribution in [0.4, 0.5) is 0 Å². The molecule has 0 radical (unpaired) electrons. The number of furan rings is 1. The lowest BCUT2D eigenvalue weighted by Gasteiger charge is -2.37. The molecule has 0 saturated carbocycles. The van der Waals surface area contributed by atoms with E-state index in [0.717, 1.165) is 19.5 Å². The second-order valence-electron chi connectivity index (χ2n) is 5.46. The minimum atomic E-state index is -0.0162. The van der Waals surface area contributed by atoms with Crippen LogP contribution in [0.25, 0.3) is 0 Å². The summed E-state index contributed by atoms with van der Waals surface area (Å²) in [4.78, 5) is 14.1. The molecule has 0 aromatic carbocycles. The Bertz CT molecular complexity index is 409. The van der Waals surface area contributed by atoms with Gasteiger partial charge in [-0.15, -0.1) is 0 Å². The number of piperidine rings is 1. The number of hydrogen-bond donors (Lipinski definition) is 1. The minimum absolute atomic E-state index is 0.0162. The molecule has 0 atom stereocenters. The van der Waals surface area contributed by atoms with Crippen molar-refractivity contribution >= 4 is 5.91 Å². The number of nitrogens with zero attached hydrogens (tertiary/aromatic N) is 1. The minimum Gasteiger partial charge on any atom is -0.455 e. The highest BCUT2D eigenvalue weighted by molar-refractivity contribution is 5.91. The molecule has 1 saturated heterocycles. The van der Waals surface area contributed by atoms with Crippen LogP contribution in [0.5, 0.6) is 0 Å². The fourth-order valence-corrected chi connectivity index (χ4v) is 2.36. The zero-order valence-corrected chi connectivity index (χ0v) is 10.5. The van der Waals surface area contributed by atoms with Crippen molar-refractivity contribution in [2.45, 2.75) is 33.2 Å². The van der Waals surface area contributed by atoms with Crippen LogP contribution >= 0.6 is 0 Å². The fraction of sp³-hybridized carbons (Fsp3) is 0.615. The quantitative estimate of drug-likeness (QED) is 0.854. The first kappa shape index (κ1) is 12.2. The first-order chi connectivity index (χ1) is 8.02. The maximum atomic E-state index is 12.2. The Labute approximate surface area is 102 Å². The van der Waals surface area contributed by atoms with Crippen molar-refractivity contribution in [3.63, 3.8) is 0 Å². The van der Waals surface area contributed by atoms with Crippen LogP contribution in [-0.2, 0) is 6.54 Å². The van der Waals surface area contributed by atoms with Crippen molar-refractivity contribution in [1.29, 1.82) is 0 Å². The fourth-order valence-electron chi connectivity index (χ4n) is 2.36. The predicted octanol–water partition coefficient (Wildman–Crippen LogP) is 2.00. The van der Waals surface area contributed by atoms with Gasteiger partial charge in [-0.3, -0.25) is 4.79 Å². The summed E-state index contributed by atoms with van der Waals surface area (Å²) in [6.45, 7) is 6.34. The van der Waals surface area contributed by atoms with Crippen LogP contribution in [0.2, 0.25) is 0 Å². The highest BCUT2D eigenvalue weighted by atomic mass is 16.4. The van der Waals surface area contributed by atoms with E-state index < -0.39 is 0 Å². The van der Waals surface area contributed by atoms with E-state index in [-0.39, 0.29) is 11.3 Å². The molecule has 2 N–H and O–H groups in total. The SMILES string of the molecule is CC1(C)CCCN(C(=O)c2ccc(CN)o2)C1. The third-order valence-corrected chi connectivity index (χ3v) is 3.26. The molecule has 0 unspecified atom stereocenters. The van der Waals surface area contributed by atoms with Crippen molar-refractivity contribution in [3.8, 4) is 0 Å². The Kier molecular flexibility index (Phi) is 3.24. The Morgan fingerprint density at radius 3 is 2.88 bits per heavy atom. The van der Waals surface area contributed by atoms with E-state index in [9.17, 15) is 4.79 Å². The second kappa shape index (κ2) is 4.53. The average molecular weight is 236 g/mol. The van der Waals surface area contributed by atoms with Crippen molar-refractivity contribution in [2.75, 3.05) is 13.1 Å². The van der Waals surface area contributed by atoms with Crippen LogP contribution in [0, 0.1) is 5.41 Å². The van der Waals surface area contributed by atoms with Crippen LogP contribution in [0.15, 0.2) is 16.5 Å². The molecule has 1 aliphatic rings. The third-order valence-electron chi connectivity index (χ3n) is 3.26. The molecule has 94 valence electrons. The van der Waals surface area contributed by atoms with Crippen molar-refractivity contribution < 1.29 is 9.21 Å². The molecular formula is C13H20N2O2. The highest BCUT2D eigenvalue weighted by Gasteiger charge is 2.30. The Hall–Kier alpha value is -1.29. The average Bonchev–Trinajstić information content (AvgIpc) is 2.75. The molecule has 1 fully saturated rings. The van der Waals surface area contributed by atoms with Crippen LogP contribution in [0.1, 0.15) is 43.0 Å². The number of amides is 1. The van der Waals surface area contributed by atoms with Crippen molar-refractivity contribution in [2.24, 2.45) is 11.1 Å². The third kappa shape index (κ3) is 2.69. The van der Waals surface area contributed by atoms with Crippen molar-refractivity contribution in [3.05, 3.63) is 23.7 Å². The normalized spacial score (nSPS) is 19.4. The number of hydrogen-bond acceptors (Lipinski definition) is 3. The van der Waals surface area contributed by atoms with Crippen LogP contribution < -0.4 is 5.73 Å². The van der Waals surface area contributed by atoms with Gasteiger partial charge in [0, 0.05) is 13.1 Å². The lowest BCUT2D eigenvalue weighted by Crippen LogP contribution is -2.43. The maximum absolute atomic E-state index is 12.2. The van der Waals surface area contributed by atoms with Crippen molar-refractivity contribution in [1.82, 2.24) is 4.90 Å². The Balaban J connectivity index is 2.09. The van der Waals surface area contributed by atoms with E-state index in [1.54, 1.807) is 12.1 Å². The van der Waals surface area contributed by atoms with Gasteiger partial charge in [-0.25, -0.2) is 0 Å². The lowest BCUT2D eigenvalue weighted by molar-refractivity contribution is 0.0551. The first-order valence-corrected chi connectivity index (χ1v) is 6.10. The summed E-state index contributed by atoms with van der Waals surface area (Å²) in [5, 5.41) is 0. The molecule has 17 heavy (non-hydrogen) atoms. The molecule has 1 aromatic rings. The predicted molar refractivity (Wildman–Crippen MR) is 65.5 cm³/mol. The molecule has 1 aliphatic heterocycles. The van der Waals surface area contributed by atoms with Gasteiger partial charge in [-0.1, -0.05) is 13.8 Å². The molecule has 2 rings (SSSR count). The number of carbonyl (C=O) groups is 1. The largest absolute Gasteiger partial charge is 0.455 e. The van der Waals surface area contributed by atoms with E-state index in [1.165, 1.54) is 6.42 Å². The van der Waals surface area contributed by atoms with Gasteiger partial charge in [-0.05, 0) is 30.4 Å².